The highest BCUT2D eigenvalue weighted by molar-refractivity contribution is 7.99. The number of carbonyl (C=O) groups is 1. The molecule has 0 atom stereocenters. The van der Waals surface area contributed by atoms with Crippen molar-refractivity contribution >= 4 is 27.5 Å². The van der Waals surface area contributed by atoms with Gasteiger partial charge in [-0.1, -0.05) is 26.2 Å². The third-order valence-corrected chi connectivity index (χ3v) is 7.84. The van der Waals surface area contributed by atoms with Crippen LogP contribution in [-0.2, 0) is 14.6 Å². The van der Waals surface area contributed by atoms with Crippen molar-refractivity contribution < 1.29 is 13.2 Å². The van der Waals surface area contributed by atoms with Crippen molar-refractivity contribution in [1.29, 1.82) is 0 Å². The minimum Gasteiger partial charge on any atom is -0.354 e. The van der Waals surface area contributed by atoms with Crippen LogP contribution < -0.4 is 5.32 Å². The maximum Gasteiger partial charge on any atom is 0.240 e. The third kappa shape index (κ3) is 4.13. The monoisotopic (exact) mass is 321 g/mol. The lowest BCUT2D eigenvalue weighted by Gasteiger charge is -2.31. The third-order valence-electron chi connectivity index (χ3n) is 3.99. The molecule has 1 saturated carbocycles. The Labute approximate surface area is 127 Å². The standard InChI is InChI=1S/C14H27NO3S2/c1-4-19-11-10-15-13(16)14(2,3)20(17,18)12-8-6-5-7-9-12/h12H,4-11H2,1-3H3,(H,15,16). The Kier molecular flexibility index (Phi) is 6.85. The molecule has 0 saturated heterocycles. The highest BCUT2D eigenvalue weighted by atomic mass is 32.2. The molecule has 0 aliphatic heterocycles. The average Bonchev–Trinajstić information content (AvgIpc) is 2.44. The summed E-state index contributed by atoms with van der Waals surface area (Å²) in [4.78, 5) is 12.2. The van der Waals surface area contributed by atoms with Crippen molar-refractivity contribution in [1.82, 2.24) is 5.32 Å². The zero-order valence-corrected chi connectivity index (χ0v) is 14.4. The second kappa shape index (κ2) is 7.69. The van der Waals surface area contributed by atoms with Crippen LogP contribution in [0.4, 0.5) is 0 Å². The number of carbonyl (C=O) groups excluding carboxylic acids is 1. The number of hydrogen-bond acceptors (Lipinski definition) is 4. The van der Waals surface area contributed by atoms with Crippen LogP contribution >= 0.6 is 11.8 Å². The summed E-state index contributed by atoms with van der Waals surface area (Å²) in [7, 11) is -3.42. The number of thioether (sulfide) groups is 1. The Morgan fingerprint density at radius 3 is 2.40 bits per heavy atom. The van der Waals surface area contributed by atoms with Gasteiger partial charge in [-0.2, -0.15) is 11.8 Å². The van der Waals surface area contributed by atoms with Gasteiger partial charge in [0, 0.05) is 12.3 Å². The number of amides is 1. The Bertz CT molecular complexity index is 412. The molecule has 1 fully saturated rings. The number of hydrogen-bond donors (Lipinski definition) is 1. The lowest BCUT2D eigenvalue weighted by atomic mass is 10.0. The molecule has 1 aliphatic rings. The zero-order valence-electron chi connectivity index (χ0n) is 12.8. The molecule has 1 aliphatic carbocycles. The summed E-state index contributed by atoms with van der Waals surface area (Å²) >= 11 is 1.73. The molecular weight excluding hydrogens is 294 g/mol. The maximum atomic E-state index is 12.7. The van der Waals surface area contributed by atoms with Gasteiger partial charge in [-0.3, -0.25) is 4.79 Å². The number of rotatable bonds is 7. The van der Waals surface area contributed by atoms with E-state index in [4.69, 9.17) is 0 Å². The Hall–Kier alpha value is -0.230. The molecule has 4 nitrogen and oxygen atoms in total. The van der Waals surface area contributed by atoms with Crippen LogP contribution in [0.5, 0.6) is 0 Å². The topological polar surface area (TPSA) is 63.2 Å². The van der Waals surface area contributed by atoms with E-state index in [1.807, 2.05) is 0 Å². The average molecular weight is 322 g/mol. The van der Waals surface area contributed by atoms with Crippen LogP contribution in [0.3, 0.4) is 0 Å². The van der Waals surface area contributed by atoms with Gasteiger partial charge < -0.3 is 5.32 Å². The van der Waals surface area contributed by atoms with E-state index in [1.165, 1.54) is 0 Å². The van der Waals surface area contributed by atoms with Crippen LogP contribution in [-0.4, -0.2) is 42.4 Å². The van der Waals surface area contributed by atoms with Crippen molar-refractivity contribution in [3.63, 3.8) is 0 Å². The van der Waals surface area contributed by atoms with Gasteiger partial charge in [0.05, 0.1) is 5.25 Å². The second-order valence-corrected chi connectivity index (χ2v) is 9.94. The van der Waals surface area contributed by atoms with Crippen LogP contribution in [0.25, 0.3) is 0 Å². The molecule has 0 aromatic rings. The Morgan fingerprint density at radius 2 is 1.85 bits per heavy atom. The first-order valence-electron chi connectivity index (χ1n) is 7.43. The fraction of sp³-hybridized carbons (Fsp3) is 0.929. The molecule has 0 unspecified atom stereocenters. The van der Waals surface area contributed by atoms with Crippen LogP contribution in [0.1, 0.15) is 52.9 Å². The van der Waals surface area contributed by atoms with Gasteiger partial charge in [0.2, 0.25) is 5.91 Å². The maximum absolute atomic E-state index is 12.7. The largest absolute Gasteiger partial charge is 0.354 e. The van der Waals surface area contributed by atoms with E-state index in [0.717, 1.165) is 30.8 Å². The first kappa shape index (κ1) is 17.8. The normalized spacial score (nSPS) is 17.9. The minimum atomic E-state index is -3.42. The smallest absolute Gasteiger partial charge is 0.240 e. The minimum absolute atomic E-state index is 0.345. The van der Waals surface area contributed by atoms with Gasteiger partial charge >= 0.3 is 0 Å². The Morgan fingerprint density at radius 1 is 1.25 bits per heavy atom. The summed E-state index contributed by atoms with van der Waals surface area (Å²) in [5, 5.41) is 2.42. The zero-order chi connectivity index (χ0) is 15.2. The summed E-state index contributed by atoms with van der Waals surface area (Å²) in [5.41, 5.74) is 0. The Balaban J connectivity index is 2.67. The summed E-state index contributed by atoms with van der Waals surface area (Å²) in [6, 6.07) is 0. The predicted octanol–water partition coefficient (Wildman–Crippen LogP) is 2.38. The quantitative estimate of drug-likeness (QED) is 0.731. The van der Waals surface area contributed by atoms with E-state index < -0.39 is 14.6 Å². The molecule has 1 rings (SSSR count). The van der Waals surface area contributed by atoms with Crippen LogP contribution in [0.2, 0.25) is 0 Å². The molecule has 1 amide bonds. The van der Waals surface area contributed by atoms with Crippen LogP contribution in [0, 0.1) is 0 Å². The lowest BCUT2D eigenvalue weighted by molar-refractivity contribution is -0.122. The summed E-state index contributed by atoms with van der Waals surface area (Å²) in [6.07, 6.45) is 4.41. The molecule has 0 radical (unpaired) electrons. The molecule has 0 aromatic carbocycles. The molecule has 6 heteroatoms. The van der Waals surface area contributed by atoms with Crippen molar-refractivity contribution in [3.8, 4) is 0 Å². The molecule has 118 valence electrons. The molecule has 0 bridgehead atoms. The summed E-state index contributed by atoms with van der Waals surface area (Å²) in [5.74, 6) is 1.46. The van der Waals surface area contributed by atoms with E-state index >= 15 is 0 Å². The fourth-order valence-electron chi connectivity index (χ4n) is 2.52. The van der Waals surface area contributed by atoms with Crippen LogP contribution in [0.15, 0.2) is 0 Å². The highest BCUT2D eigenvalue weighted by Gasteiger charge is 2.46. The molecule has 0 aromatic heterocycles. The summed E-state index contributed by atoms with van der Waals surface area (Å²) in [6.45, 7) is 5.67. The molecule has 1 N–H and O–H groups in total. The number of sulfone groups is 1. The van der Waals surface area contributed by atoms with Crippen molar-refractivity contribution in [2.75, 3.05) is 18.1 Å². The molecule has 0 heterocycles. The van der Waals surface area contributed by atoms with Gasteiger partial charge in [-0.15, -0.1) is 0 Å². The number of nitrogens with one attached hydrogen (secondary N) is 1. The van der Waals surface area contributed by atoms with E-state index in [-0.39, 0.29) is 11.2 Å². The first-order chi connectivity index (χ1) is 9.34. The van der Waals surface area contributed by atoms with E-state index in [9.17, 15) is 13.2 Å². The van der Waals surface area contributed by atoms with Gasteiger partial charge in [-0.05, 0) is 32.4 Å². The van der Waals surface area contributed by atoms with Gasteiger partial charge in [0.1, 0.15) is 4.75 Å². The highest BCUT2D eigenvalue weighted by Crippen LogP contribution is 2.31. The second-order valence-electron chi connectivity index (χ2n) is 5.77. The van der Waals surface area contributed by atoms with Gasteiger partial charge in [-0.25, -0.2) is 8.42 Å². The lowest BCUT2D eigenvalue weighted by Crippen LogP contribution is -2.52. The van der Waals surface area contributed by atoms with Crippen molar-refractivity contribution in [3.05, 3.63) is 0 Å². The van der Waals surface area contributed by atoms with E-state index in [0.29, 0.717) is 19.4 Å². The fourth-order valence-corrected chi connectivity index (χ4v) is 5.17. The first-order valence-corrected chi connectivity index (χ1v) is 10.1. The molecular formula is C14H27NO3S2. The van der Waals surface area contributed by atoms with Crippen molar-refractivity contribution in [2.45, 2.75) is 62.9 Å². The SMILES string of the molecule is CCSCCNC(=O)C(C)(C)S(=O)(=O)C1CCCCC1. The van der Waals surface area contributed by atoms with Crippen molar-refractivity contribution in [2.24, 2.45) is 0 Å². The molecule has 20 heavy (non-hydrogen) atoms. The van der Waals surface area contributed by atoms with E-state index in [1.54, 1.807) is 25.6 Å². The predicted molar refractivity (Wildman–Crippen MR) is 85.9 cm³/mol. The van der Waals surface area contributed by atoms with E-state index in [2.05, 4.69) is 12.2 Å². The van der Waals surface area contributed by atoms with Gasteiger partial charge in [0.15, 0.2) is 9.84 Å². The summed E-state index contributed by atoms with van der Waals surface area (Å²) < 4.78 is 24.0. The van der Waals surface area contributed by atoms with Gasteiger partial charge in [0.25, 0.3) is 0 Å². The molecule has 0 spiro atoms.